The molecule has 1 aliphatic rings. The van der Waals surface area contributed by atoms with E-state index in [2.05, 4.69) is 10.2 Å². The highest BCUT2D eigenvalue weighted by Gasteiger charge is 2.22. The Hall–Kier alpha value is -2.64. The first kappa shape index (κ1) is 23.0. The molecule has 168 valence electrons. The van der Waals surface area contributed by atoms with Gasteiger partial charge in [0.25, 0.3) is 5.91 Å². The lowest BCUT2D eigenvalue weighted by molar-refractivity contribution is 0.102. The van der Waals surface area contributed by atoms with E-state index in [0.29, 0.717) is 79.6 Å². The standard InChI is InChI=1S/C23H29ClN2O5/c1-4-29-19-14-16(15-20(30-5-2)22(19)31-6-3)23(27)25-18-9-7-8-17(24)21(18)26-10-12-28-13-11-26/h7-9,14-15H,4-6,10-13H2,1-3H3,(H,25,27). The van der Waals surface area contributed by atoms with E-state index in [0.717, 1.165) is 5.69 Å². The highest BCUT2D eigenvalue weighted by atomic mass is 35.5. The fourth-order valence-electron chi connectivity index (χ4n) is 3.44. The van der Waals surface area contributed by atoms with Crippen LogP contribution in [0.4, 0.5) is 11.4 Å². The summed E-state index contributed by atoms with van der Waals surface area (Å²) in [5.74, 6) is 1.15. The molecule has 0 atom stereocenters. The molecule has 0 aliphatic carbocycles. The van der Waals surface area contributed by atoms with E-state index in [9.17, 15) is 4.79 Å². The summed E-state index contributed by atoms with van der Waals surface area (Å²) in [6.07, 6.45) is 0. The van der Waals surface area contributed by atoms with Crippen molar-refractivity contribution in [3.05, 3.63) is 40.9 Å². The molecule has 1 fully saturated rings. The number of amides is 1. The summed E-state index contributed by atoms with van der Waals surface area (Å²) in [7, 11) is 0. The van der Waals surface area contributed by atoms with Crippen LogP contribution < -0.4 is 24.4 Å². The van der Waals surface area contributed by atoms with Crippen LogP contribution in [0.15, 0.2) is 30.3 Å². The average Bonchev–Trinajstić information content (AvgIpc) is 2.77. The second-order valence-electron chi connectivity index (χ2n) is 6.79. The summed E-state index contributed by atoms with van der Waals surface area (Å²) < 4.78 is 22.6. The van der Waals surface area contributed by atoms with Gasteiger partial charge in [-0.3, -0.25) is 4.79 Å². The third kappa shape index (κ3) is 5.54. The van der Waals surface area contributed by atoms with Gasteiger partial charge in [-0.05, 0) is 45.0 Å². The second kappa shape index (κ2) is 11.1. The van der Waals surface area contributed by atoms with Crippen LogP contribution in [0, 0.1) is 0 Å². The molecule has 1 N–H and O–H groups in total. The van der Waals surface area contributed by atoms with Gasteiger partial charge in [0.15, 0.2) is 11.5 Å². The topological polar surface area (TPSA) is 69.3 Å². The van der Waals surface area contributed by atoms with Gasteiger partial charge in [-0.15, -0.1) is 0 Å². The number of benzene rings is 2. The number of hydrogen-bond acceptors (Lipinski definition) is 6. The van der Waals surface area contributed by atoms with Crippen LogP contribution in [-0.2, 0) is 4.74 Å². The molecule has 3 rings (SSSR count). The lowest BCUT2D eigenvalue weighted by Gasteiger charge is -2.31. The van der Waals surface area contributed by atoms with Gasteiger partial charge in [0.05, 0.1) is 49.4 Å². The molecule has 0 bridgehead atoms. The molecule has 1 amide bonds. The minimum Gasteiger partial charge on any atom is -0.490 e. The number of carbonyl (C=O) groups excluding carboxylic acids is 1. The van der Waals surface area contributed by atoms with Crippen molar-refractivity contribution in [2.24, 2.45) is 0 Å². The lowest BCUT2D eigenvalue weighted by atomic mass is 10.1. The van der Waals surface area contributed by atoms with E-state index in [1.165, 1.54) is 0 Å². The molecule has 2 aromatic carbocycles. The van der Waals surface area contributed by atoms with Crippen molar-refractivity contribution in [2.45, 2.75) is 20.8 Å². The first-order chi connectivity index (χ1) is 15.1. The number of nitrogens with one attached hydrogen (secondary N) is 1. The fraction of sp³-hybridized carbons (Fsp3) is 0.435. The van der Waals surface area contributed by atoms with Gasteiger partial charge in [0, 0.05) is 18.7 Å². The Morgan fingerprint density at radius 3 is 2.23 bits per heavy atom. The van der Waals surface area contributed by atoms with Crippen molar-refractivity contribution in [3.8, 4) is 17.2 Å². The van der Waals surface area contributed by atoms with Crippen molar-refractivity contribution >= 4 is 28.9 Å². The van der Waals surface area contributed by atoms with Crippen LogP contribution in [0.5, 0.6) is 17.2 Å². The Morgan fingerprint density at radius 1 is 1.03 bits per heavy atom. The van der Waals surface area contributed by atoms with Crippen LogP contribution in [0.1, 0.15) is 31.1 Å². The Balaban J connectivity index is 1.94. The maximum atomic E-state index is 13.2. The predicted octanol–water partition coefficient (Wildman–Crippen LogP) is 4.63. The first-order valence-corrected chi connectivity index (χ1v) is 11.0. The van der Waals surface area contributed by atoms with Crippen LogP contribution >= 0.6 is 11.6 Å². The van der Waals surface area contributed by atoms with E-state index >= 15 is 0 Å². The van der Waals surface area contributed by atoms with Crippen LogP contribution in [0.2, 0.25) is 5.02 Å². The SMILES string of the molecule is CCOc1cc(C(=O)Nc2cccc(Cl)c2N2CCOCC2)cc(OCC)c1OCC. The van der Waals surface area contributed by atoms with Crippen molar-refractivity contribution in [2.75, 3.05) is 56.3 Å². The zero-order valence-electron chi connectivity index (χ0n) is 18.2. The molecule has 0 radical (unpaired) electrons. The Morgan fingerprint density at radius 2 is 1.65 bits per heavy atom. The third-order valence-electron chi connectivity index (χ3n) is 4.73. The quantitative estimate of drug-likeness (QED) is 0.603. The second-order valence-corrected chi connectivity index (χ2v) is 7.20. The largest absolute Gasteiger partial charge is 0.490 e. The summed E-state index contributed by atoms with van der Waals surface area (Å²) in [5, 5.41) is 3.58. The minimum absolute atomic E-state index is 0.290. The highest BCUT2D eigenvalue weighted by Crippen LogP contribution is 2.40. The van der Waals surface area contributed by atoms with E-state index < -0.39 is 0 Å². The van der Waals surface area contributed by atoms with Crippen LogP contribution in [0.3, 0.4) is 0 Å². The molecular formula is C23H29ClN2O5. The molecule has 1 saturated heterocycles. The van der Waals surface area contributed by atoms with Crippen molar-refractivity contribution in [1.82, 2.24) is 0 Å². The number of morpholine rings is 1. The molecule has 1 heterocycles. The molecule has 0 saturated carbocycles. The number of halogens is 1. The van der Waals surface area contributed by atoms with Crippen LogP contribution in [-0.4, -0.2) is 52.0 Å². The lowest BCUT2D eigenvalue weighted by Crippen LogP contribution is -2.37. The zero-order chi connectivity index (χ0) is 22.2. The molecule has 0 unspecified atom stereocenters. The number of rotatable bonds is 9. The number of hydrogen-bond donors (Lipinski definition) is 1. The maximum absolute atomic E-state index is 13.2. The summed E-state index contributed by atoms with van der Waals surface area (Å²) >= 11 is 6.49. The Bertz CT molecular complexity index is 873. The Kier molecular flexibility index (Phi) is 8.26. The third-order valence-corrected chi connectivity index (χ3v) is 5.04. The molecule has 0 aromatic heterocycles. The minimum atomic E-state index is -0.290. The normalized spacial score (nSPS) is 13.6. The average molecular weight is 449 g/mol. The van der Waals surface area contributed by atoms with Crippen molar-refractivity contribution < 1.29 is 23.7 Å². The summed E-state index contributed by atoms with van der Waals surface area (Å²) in [4.78, 5) is 15.3. The van der Waals surface area contributed by atoms with Crippen molar-refractivity contribution in [1.29, 1.82) is 0 Å². The predicted molar refractivity (Wildman–Crippen MR) is 122 cm³/mol. The van der Waals surface area contributed by atoms with Gasteiger partial charge in [-0.1, -0.05) is 17.7 Å². The number of para-hydroxylation sites is 1. The molecule has 31 heavy (non-hydrogen) atoms. The van der Waals surface area contributed by atoms with Crippen molar-refractivity contribution in [3.63, 3.8) is 0 Å². The van der Waals surface area contributed by atoms with E-state index in [1.54, 1.807) is 12.1 Å². The smallest absolute Gasteiger partial charge is 0.255 e. The highest BCUT2D eigenvalue weighted by molar-refractivity contribution is 6.34. The molecule has 7 nitrogen and oxygen atoms in total. The molecule has 0 spiro atoms. The maximum Gasteiger partial charge on any atom is 0.255 e. The monoisotopic (exact) mass is 448 g/mol. The van der Waals surface area contributed by atoms with Gasteiger partial charge >= 0.3 is 0 Å². The summed E-state index contributed by atoms with van der Waals surface area (Å²) in [6, 6.07) is 8.82. The Labute approximate surface area is 188 Å². The number of carbonyl (C=O) groups is 1. The summed E-state index contributed by atoms with van der Waals surface area (Å²) in [5.41, 5.74) is 1.84. The first-order valence-electron chi connectivity index (χ1n) is 10.6. The fourth-order valence-corrected chi connectivity index (χ4v) is 3.73. The molecular weight excluding hydrogens is 420 g/mol. The van der Waals surface area contributed by atoms with E-state index in [4.69, 9.17) is 30.5 Å². The van der Waals surface area contributed by atoms with Gasteiger partial charge in [0.2, 0.25) is 5.75 Å². The molecule has 1 aliphatic heterocycles. The number of ether oxygens (including phenoxy) is 4. The van der Waals surface area contributed by atoms with Gasteiger partial charge in [0.1, 0.15) is 0 Å². The summed E-state index contributed by atoms with van der Waals surface area (Å²) in [6.45, 7) is 9.62. The van der Waals surface area contributed by atoms with E-state index in [-0.39, 0.29) is 5.91 Å². The van der Waals surface area contributed by atoms with E-state index in [1.807, 2.05) is 39.0 Å². The number of anilines is 2. The molecule has 2 aromatic rings. The number of nitrogens with zero attached hydrogens (tertiary/aromatic N) is 1. The molecule has 8 heteroatoms. The van der Waals surface area contributed by atoms with Crippen LogP contribution in [0.25, 0.3) is 0 Å². The van der Waals surface area contributed by atoms with Gasteiger partial charge in [-0.2, -0.15) is 0 Å². The van der Waals surface area contributed by atoms with Gasteiger partial charge in [-0.25, -0.2) is 0 Å². The van der Waals surface area contributed by atoms with Gasteiger partial charge < -0.3 is 29.2 Å². The zero-order valence-corrected chi connectivity index (χ0v) is 19.0.